The molecule has 6 heteroatoms. The number of aromatic nitrogens is 1. The second-order valence-corrected chi connectivity index (χ2v) is 3.30. The van der Waals surface area contributed by atoms with Gasteiger partial charge < -0.3 is 19.9 Å². The van der Waals surface area contributed by atoms with E-state index < -0.39 is 5.97 Å². The van der Waals surface area contributed by atoms with E-state index in [1.54, 1.807) is 30.9 Å². The van der Waals surface area contributed by atoms with E-state index in [0.717, 1.165) is 0 Å². The number of methoxy groups -OCH3 is 1. The highest BCUT2D eigenvalue weighted by Gasteiger charge is 2.12. The third kappa shape index (κ3) is 2.83. The zero-order valence-electron chi connectivity index (χ0n) is 9.53. The van der Waals surface area contributed by atoms with Crippen molar-refractivity contribution in [2.45, 2.75) is 0 Å². The van der Waals surface area contributed by atoms with Crippen molar-refractivity contribution in [1.82, 2.24) is 9.88 Å². The smallest absolute Gasteiger partial charge is 0.354 e. The van der Waals surface area contributed by atoms with E-state index in [1.165, 1.54) is 7.11 Å². The number of carbonyl (C=O) groups excluding carboxylic acids is 2. The Kier molecular flexibility index (Phi) is 4.07. The summed E-state index contributed by atoms with van der Waals surface area (Å²) in [7, 11) is 4.71. The molecule has 6 nitrogen and oxygen atoms in total. The minimum atomic E-state index is -0.434. The van der Waals surface area contributed by atoms with Gasteiger partial charge in [0.05, 0.1) is 19.3 Å². The number of nitrogens with one attached hydrogen (secondary N) is 2. The van der Waals surface area contributed by atoms with Gasteiger partial charge in [-0.15, -0.1) is 0 Å². The third-order valence-corrected chi connectivity index (χ3v) is 2.02. The molecule has 0 fully saturated rings. The number of amides is 1. The molecule has 0 spiro atoms. The van der Waals surface area contributed by atoms with E-state index in [0.29, 0.717) is 11.4 Å². The SMILES string of the molecule is CNCC(=O)Nc1cc(C(=O)OC)n(C)c1. The van der Waals surface area contributed by atoms with Crippen LogP contribution in [0.3, 0.4) is 0 Å². The van der Waals surface area contributed by atoms with Gasteiger partial charge >= 0.3 is 5.97 Å². The highest BCUT2D eigenvalue weighted by molar-refractivity contribution is 5.95. The predicted octanol–water partition coefficient (Wildman–Crippen LogP) is -0.0304. The summed E-state index contributed by atoms with van der Waals surface area (Å²) < 4.78 is 6.20. The summed E-state index contributed by atoms with van der Waals surface area (Å²) in [5, 5.41) is 5.39. The normalized spacial score (nSPS) is 9.94. The van der Waals surface area contributed by atoms with Crippen LogP contribution in [-0.4, -0.2) is 37.1 Å². The lowest BCUT2D eigenvalue weighted by Crippen LogP contribution is -2.24. The van der Waals surface area contributed by atoms with Crippen LogP contribution in [0.4, 0.5) is 5.69 Å². The summed E-state index contributed by atoms with van der Waals surface area (Å²) in [5.41, 5.74) is 0.963. The lowest BCUT2D eigenvalue weighted by atomic mass is 10.4. The molecule has 88 valence electrons. The summed E-state index contributed by atoms with van der Waals surface area (Å²) in [5.74, 6) is -0.596. The molecular weight excluding hydrogens is 210 g/mol. The highest BCUT2D eigenvalue weighted by atomic mass is 16.5. The summed E-state index contributed by atoms with van der Waals surface area (Å²) in [6.45, 7) is 0.225. The summed E-state index contributed by atoms with van der Waals surface area (Å²) in [4.78, 5) is 22.6. The second kappa shape index (κ2) is 5.32. The number of aryl methyl sites for hydroxylation is 1. The standard InChI is InChI=1S/C10H15N3O3/c1-11-5-9(14)12-7-4-8(10(15)16-3)13(2)6-7/h4,6,11H,5H2,1-3H3,(H,12,14). The Labute approximate surface area is 93.6 Å². The Morgan fingerprint density at radius 3 is 2.75 bits per heavy atom. The van der Waals surface area contributed by atoms with Crippen LogP contribution in [0, 0.1) is 0 Å². The number of likely N-dealkylation sites (N-methyl/N-ethyl adjacent to an activating group) is 1. The van der Waals surface area contributed by atoms with Gasteiger partial charge in [-0.1, -0.05) is 0 Å². The highest BCUT2D eigenvalue weighted by Crippen LogP contribution is 2.13. The summed E-state index contributed by atoms with van der Waals surface area (Å²) in [6, 6.07) is 1.57. The van der Waals surface area contributed by atoms with Crippen molar-refractivity contribution in [1.29, 1.82) is 0 Å². The average Bonchev–Trinajstić information content (AvgIpc) is 2.58. The van der Waals surface area contributed by atoms with Gasteiger partial charge in [-0.25, -0.2) is 4.79 Å². The van der Waals surface area contributed by atoms with Gasteiger partial charge in [-0.2, -0.15) is 0 Å². The topological polar surface area (TPSA) is 72.4 Å². The largest absolute Gasteiger partial charge is 0.464 e. The number of carbonyl (C=O) groups is 2. The van der Waals surface area contributed by atoms with Gasteiger partial charge in [-0.3, -0.25) is 4.79 Å². The van der Waals surface area contributed by atoms with E-state index in [9.17, 15) is 9.59 Å². The Hall–Kier alpha value is -1.82. The molecule has 0 saturated heterocycles. The first kappa shape index (κ1) is 12.3. The van der Waals surface area contributed by atoms with Crippen LogP contribution in [0.25, 0.3) is 0 Å². The van der Waals surface area contributed by atoms with Crippen LogP contribution in [0.1, 0.15) is 10.5 Å². The molecule has 0 saturated carbocycles. The average molecular weight is 225 g/mol. The number of hydrogen-bond donors (Lipinski definition) is 2. The van der Waals surface area contributed by atoms with Crippen LogP contribution in [0.2, 0.25) is 0 Å². The molecule has 0 unspecified atom stereocenters. The first-order valence-corrected chi connectivity index (χ1v) is 4.77. The molecule has 0 aliphatic carbocycles. The maximum Gasteiger partial charge on any atom is 0.354 e. The van der Waals surface area contributed by atoms with Crippen molar-refractivity contribution in [2.24, 2.45) is 7.05 Å². The van der Waals surface area contributed by atoms with Gasteiger partial charge in [-0.05, 0) is 13.1 Å². The van der Waals surface area contributed by atoms with Crippen molar-refractivity contribution in [3.8, 4) is 0 Å². The van der Waals surface area contributed by atoms with E-state index >= 15 is 0 Å². The Morgan fingerprint density at radius 2 is 2.19 bits per heavy atom. The molecule has 0 aliphatic heterocycles. The van der Waals surface area contributed by atoms with Gasteiger partial charge in [0.2, 0.25) is 5.91 Å². The molecule has 2 N–H and O–H groups in total. The van der Waals surface area contributed by atoms with Crippen LogP contribution in [0.15, 0.2) is 12.3 Å². The number of hydrogen-bond acceptors (Lipinski definition) is 4. The molecule has 0 aliphatic rings. The third-order valence-electron chi connectivity index (χ3n) is 2.02. The van der Waals surface area contributed by atoms with Crippen LogP contribution in [0.5, 0.6) is 0 Å². The monoisotopic (exact) mass is 225 g/mol. The van der Waals surface area contributed by atoms with Gasteiger partial charge in [0.15, 0.2) is 0 Å². The number of nitrogens with zero attached hydrogens (tertiary/aromatic N) is 1. The van der Waals surface area contributed by atoms with Crippen LogP contribution < -0.4 is 10.6 Å². The Morgan fingerprint density at radius 1 is 1.50 bits per heavy atom. The lowest BCUT2D eigenvalue weighted by molar-refractivity contribution is -0.115. The lowest BCUT2D eigenvalue weighted by Gasteiger charge is -2.00. The molecule has 1 heterocycles. The molecule has 1 amide bonds. The van der Waals surface area contributed by atoms with E-state index in [1.807, 2.05) is 0 Å². The van der Waals surface area contributed by atoms with Crippen molar-refractivity contribution in [3.63, 3.8) is 0 Å². The maximum atomic E-state index is 11.3. The second-order valence-electron chi connectivity index (χ2n) is 3.30. The maximum absolute atomic E-state index is 11.3. The van der Waals surface area contributed by atoms with Crippen molar-refractivity contribution < 1.29 is 14.3 Å². The van der Waals surface area contributed by atoms with E-state index in [-0.39, 0.29) is 12.5 Å². The molecule has 0 atom stereocenters. The summed E-state index contributed by atoms with van der Waals surface area (Å²) >= 11 is 0. The predicted molar refractivity (Wildman–Crippen MR) is 59.3 cm³/mol. The van der Waals surface area contributed by atoms with Crippen LogP contribution >= 0.6 is 0 Å². The molecular formula is C10H15N3O3. The zero-order valence-corrected chi connectivity index (χ0v) is 9.53. The van der Waals surface area contributed by atoms with Gasteiger partial charge in [0.1, 0.15) is 5.69 Å². The van der Waals surface area contributed by atoms with Gasteiger partial charge in [0.25, 0.3) is 0 Å². The van der Waals surface area contributed by atoms with Crippen LogP contribution in [-0.2, 0) is 16.6 Å². The molecule has 16 heavy (non-hydrogen) atoms. The van der Waals surface area contributed by atoms with Crippen molar-refractivity contribution in [2.75, 3.05) is 26.0 Å². The van der Waals surface area contributed by atoms with Gasteiger partial charge in [0, 0.05) is 13.2 Å². The first-order valence-electron chi connectivity index (χ1n) is 4.77. The minimum Gasteiger partial charge on any atom is -0.464 e. The fourth-order valence-corrected chi connectivity index (χ4v) is 1.31. The molecule has 0 aromatic carbocycles. The van der Waals surface area contributed by atoms with Crippen molar-refractivity contribution in [3.05, 3.63) is 18.0 Å². The minimum absolute atomic E-state index is 0.162. The number of esters is 1. The fourth-order valence-electron chi connectivity index (χ4n) is 1.31. The molecule has 1 aromatic rings. The molecule has 1 aromatic heterocycles. The Bertz CT molecular complexity index is 398. The summed E-state index contributed by atoms with van der Waals surface area (Å²) in [6.07, 6.45) is 1.65. The Balaban J connectivity index is 2.77. The first-order chi connectivity index (χ1) is 7.58. The number of ether oxygens (including phenoxy) is 1. The molecule has 0 radical (unpaired) electrons. The molecule has 0 bridgehead atoms. The quantitative estimate of drug-likeness (QED) is 0.706. The number of anilines is 1. The van der Waals surface area contributed by atoms with E-state index in [4.69, 9.17) is 0 Å². The number of rotatable bonds is 4. The fraction of sp³-hybridized carbons (Fsp3) is 0.400. The van der Waals surface area contributed by atoms with Crippen molar-refractivity contribution >= 4 is 17.6 Å². The van der Waals surface area contributed by atoms with E-state index in [2.05, 4.69) is 15.4 Å². The zero-order chi connectivity index (χ0) is 12.1. The molecule has 1 rings (SSSR count).